The number of ether oxygens (including phenoxy) is 2. The highest BCUT2D eigenvalue weighted by atomic mass is 16.5. The molecule has 2 unspecified atom stereocenters. The number of aryl methyl sites for hydroxylation is 1. The molecule has 0 saturated heterocycles. The van der Waals surface area contributed by atoms with Gasteiger partial charge in [-0.25, -0.2) is 0 Å². The highest BCUT2D eigenvalue weighted by molar-refractivity contribution is 5.89. The third kappa shape index (κ3) is 7.16. The van der Waals surface area contributed by atoms with Gasteiger partial charge >= 0.3 is 5.97 Å². The van der Waals surface area contributed by atoms with Crippen molar-refractivity contribution < 1.29 is 19.5 Å². The van der Waals surface area contributed by atoms with E-state index in [0.29, 0.717) is 12.8 Å². The molecule has 1 N–H and O–H groups in total. The summed E-state index contributed by atoms with van der Waals surface area (Å²) in [7, 11) is 0. The number of nitrogens with zero attached hydrogens (tertiary/aromatic N) is 1. The number of carbonyl (C=O) groups is 1. The number of hydrogen-bond acceptors (Lipinski definition) is 5. The lowest BCUT2D eigenvalue weighted by Gasteiger charge is -2.22. The number of benzene rings is 2. The van der Waals surface area contributed by atoms with Gasteiger partial charge < -0.3 is 14.7 Å². The van der Waals surface area contributed by atoms with Gasteiger partial charge in [0.05, 0.1) is 24.3 Å². The molecule has 0 fully saturated rings. The van der Waals surface area contributed by atoms with Gasteiger partial charge in [0.15, 0.2) is 0 Å². The first-order valence-corrected chi connectivity index (χ1v) is 9.59. The lowest BCUT2D eigenvalue weighted by Crippen LogP contribution is -2.21. The van der Waals surface area contributed by atoms with Crippen LogP contribution in [0.2, 0.25) is 0 Å². The average molecular weight is 383 g/mol. The number of rotatable bonds is 10. The minimum atomic E-state index is -0.627. The van der Waals surface area contributed by atoms with Crippen LogP contribution < -0.4 is 0 Å². The molecule has 5 nitrogen and oxygen atoms in total. The molecule has 2 rings (SSSR count). The first-order chi connectivity index (χ1) is 13.5. The Labute approximate surface area is 167 Å². The van der Waals surface area contributed by atoms with E-state index in [2.05, 4.69) is 5.16 Å². The Balaban J connectivity index is 1.99. The molecule has 0 spiro atoms. The molecule has 5 heteroatoms. The van der Waals surface area contributed by atoms with E-state index in [-0.39, 0.29) is 18.8 Å². The second-order valence-electron chi connectivity index (χ2n) is 7.13. The summed E-state index contributed by atoms with van der Waals surface area (Å²) in [5.41, 5.74) is 3.16. The molecule has 28 heavy (non-hydrogen) atoms. The van der Waals surface area contributed by atoms with Crippen molar-refractivity contribution in [1.29, 1.82) is 0 Å². The van der Waals surface area contributed by atoms with Gasteiger partial charge in [0, 0.05) is 0 Å². The topological polar surface area (TPSA) is 68.1 Å². The Morgan fingerprint density at radius 1 is 1.07 bits per heavy atom. The van der Waals surface area contributed by atoms with Gasteiger partial charge in [-0.3, -0.25) is 4.79 Å². The Hall–Kier alpha value is -2.66. The number of carbonyl (C=O) groups excluding carboxylic acids is 1. The number of esters is 1. The maximum absolute atomic E-state index is 12.5. The quantitative estimate of drug-likeness (QED) is 0.269. The van der Waals surface area contributed by atoms with Crippen LogP contribution in [0.15, 0.2) is 59.8 Å². The Morgan fingerprint density at radius 3 is 2.36 bits per heavy atom. The van der Waals surface area contributed by atoms with Crippen LogP contribution >= 0.6 is 0 Å². The summed E-state index contributed by atoms with van der Waals surface area (Å²) < 4.78 is 11.5. The average Bonchev–Trinajstić information content (AvgIpc) is 2.69. The van der Waals surface area contributed by atoms with Gasteiger partial charge in [-0.15, -0.1) is 5.16 Å². The lowest BCUT2D eigenvalue weighted by molar-refractivity contribution is -0.147. The van der Waals surface area contributed by atoms with E-state index < -0.39 is 11.9 Å². The van der Waals surface area contributed by atoms with Gasteiger partial charge in [0.25, 0.3) is 0 Å². The molecule has 0 aromatic heterocycles. The monoisotopic (exact) mass is 383 g/mol. The summed E-state index contributed by atoms with van der Waals surface area (Å²) in [5.74, 6) is -1.04. The van der Waals surface area contributed by atoms with Crippen LogP contribution in [0.25, 0.3) is 0 Å². The van der Waals surface area contributed by atoms with Gasteiger partial charge in [0.2, 0.25) is 0 Å². The molecule has 0 aliphatic carbocycles. The number of oxime groups is 1. The molecule has 2 aromatic carbocycles. The lowest BCUT2D eigenvalue weighted by atomic mass is 9.97. The van der Waals surface area contributed by atoms with E-state index in [1.165, 1.54) is 11.8 Å². The SMILES string of the molecule is Cc1ccc(C(CCC(/C=N\O)C(=O)OCc2ccccc2)OC(C)C)cc1. The van der Waals surface area contributed by atoms with Gasteiger partial charge in [-0.1, -0.05) is 60.2 Å². The number of hydrogen-bond donors (Lipinski definition) is 1. The van der Waals surface area contributed by atoms with Crippen LogP contribution in [0.1, 0.15) is 49.5 Å². The summed E-state index contributed by atoms with van der Waals surface area (Å²) in [6, 6.07) is 17.7. The predicted octanol–water partition coefficient (Wildman–Crippen LogP) is 5.06. The molecule has 0 radical (unpaired) electrons. The maximum Gasteiger partial charge on any atom is 0.314 e. The zero-order valence-corrected chi connectivity index (χ0v) is 16.7. The van der Waals surface area contributed by atoms with Crippen LogP contribution in [0, 0.1) is 12.8 Å². The van der Waals surface area contributed by atoms with Crippen LogP contribution in [0.5, 0.6) is 0 Å². The zero-order valence-electron chi connectivity index (χ0n) is 16.7. The van der Waals surface area contributed by atoms with Gasteiger partial charge in [-0.2, -0.15) is 0 Å². The second kappa shape index (κ2) is 11.2. The fourth-order valence-corrected chi connectivity index (χ4v) is 2.92. The van der Waals surface area contributed by atoms with Crippen molar-refractivity contribution in [2.24, 2.45) is 11.1 Å². The first kappa shape index (κ1) is 21.6. The van der Waals surface area contributed by atoms with Crippen LogP contribution in [0.4, 0.5) is 0 Å². The largest absolute Gasteiger partial charge is 0.460 e. The summed E-state index contributed by atoms with van der Waals surface area (Å²) >= 11 is 0. The normalized spacial score (nSPS) is 13.6. The third-order valence-corrected chi connectivity index (χ3v) is 4.40. The predicted molar refractivity (Wildman–Crippen MR) is 109 cm³/mol. The molecule has 2 atom stereocenters. The zero-order chi connectivity index (χ0) is 20.4. The first-order valence-electron chi connectivity index (χ1n) is 9.59. The van der Waals surface area contributed by atoms with E-state index in [0.717, 1.165) is 11.1 Å². The van der Waals surface area contributed by atoms with E-state index >= 15 is 0 Å². The van der Waals surface area contributed by atoms with E-state index in [9.17, 15) is 4.79 Å². The minimum absolute atomic E-state index is 0.0568. The molecule has 0 heterocycles. The molecule has 0 aliphatic heterocycles. The van der Waals surface area contributed by atoms with Crippen molar-refractivity contribution in [2.75, 3.05) is 0 Å². The Kier molecular flexibility index (Phi) is 8.69. The Bertz CT molecular complexity index is 741. The molecule has 0 saturated carbocycles. The third-order valence-electron chi connectivity index (χ3n) is 4.40. The highest BCUT2D eigenvalue weighted by Gasteiger charge is 2.22. The van der Waals surface area contributed by atoms with Crippen molar-refractivity contribution in [3.8, 4) is 0 Å². The summed E-state index contributed by atoms with van der Waals surface area (Å²) in [4.78, 5) is 12.5. The van der Waals surface area contributed by atoms with Crippen LogP contribution in [-0.4, -0.2) is 23.5 Å². The smallest absolute Gasteiger partial charge is 0.314 e. The molecule has 0 amide bonds. The molecule has 0 aliphatic rings. The van der Waals surface area contributed by atoms with Gasteiger partial charge in [0.1, 0.15) is 6.61 Å². The van der Waals surface area contributed by atoms with Crippen molar-refractivity contribution in [1.82, 2.24) is 0 Å². The van der Waals surface area contributed by atoms with Crippen molar-refractivity contribution in [2.45, 2.75) is 52.4 Å². The van der Waals surface area contributed by atoms with Gasteiger partial charge in [-0.05, 0) is 44.7 Å². The Morgan fingerprint density at radius 2 is 1.75 bits per heavy atom. The van der Waals surface area contributed by atoms with Crippen LogP contribution in [0.3, 0.4) is 0 Å². The molecule has 150 valence electrons. The minimum Gasteiger partial charge on any atom is -0.460 e. The summed E-state index contributed by atoms with van der Waals surface area (Å²) in [6.07, 6.45) is 2.22. The van der Waals surface area contributed by atoms with Crippen molar-refractivity contribution in [3.05, 3.63) is 71.3 Å². The fourth-order valence-electron chi connectivity index (χ4n) is 2.92. The highest BCUT2D eigenvalue weighted by Crippen LogP contribution is 2.27. The van der Waals surface area contributed by atoms with E-state index in [1.807, 2.05) is 75.4 Å². The molecule has 0 bridgehead atoms. The fraction of sp³-hybridized carbons (Fsp3) is 0.391. The molecular formula is C23H29NO4. The molecular weight excluding hydrogens is 354 g/mol. The summed E-state index contributed by atoms with van der Waals surface area (Å²) in [5, 5.41) is 12.0. The summed E-state index contributed by atoms with van der Waals surface area (Å²) in [6.45, 7) is 6.21. The standard InChI is InChI=1S/C23H29NO4/c1-17(2)28-22(20-11-9-18(3)10-12-20)14-13-21(15-24-26)23(25)27-16-19-7-5-4-6-8-19/h4-12,15,17,21-22,26H,13-14,16H2,1-3H3/b24-15-. The van der Waals surface area contributed by atoms with Crippen LogP contribution in [-0.2, 0) is 20.9 Å². The molecule has 2 aromatic rings. The second-order valence-corrected chi connectivity index (χ2v) is 7.13. The van der Waals surface area contributed by atoms with E-state index in [4.69, 9.17) is 14.7 Å². The van der Waals surface area contributed by atoms with E-state index in [1.54, 1.807) is 0 Å². The van der Waals surface area contributed by atoms with Crippen molar-refractivity contribution >= 4 is 12.2 Å². The maximum atomic E-state index is 12.5. The van der Waals surface area contributed by atoms with Crippen molar-refractivity contribution in [3.63, 3.8) is 0 Å².